The van der Waals surface area contributed by atoms with Crippen molar-refractivity contribution in [2.45, 2.75) is 78.2 Å². The molecule has 1 heteroatoms. The molecule has 0 N–H and O–H groups in total. The number of unbranched alkanes of at least 4 members (excludes halogenated alkanes) is 6. The lowest BCUT2D eigenvalue weighted by molar-refractivity contribution is 0.242. The minimum atomic E-state index is 0.258. The van der Waals surface area contributed by atoms with Crippen LogP contribution in [0.1, 0.15) is 71.3 Å². The van der Waals surface area contributed by atoms with Crippen molar-refractivity contribution in [3.63, 3.8) is 0 Å². The Kier molecular flexibility index (Phi) is 8.36. The molecule has 0 aromatic heterocycles. The van der Waals surface area contributed by atoms with Gasteiger partial charge in [0.05, 0.1) is 6.10 Å². The van der Waals surface area contributed by atoms with E-state index in [0.717, 1.165) is 5.75 Å². The summed E-state index contributed by atoms with van der Waals surface area (Å²) in [5.41, 5.74) is 1.43. The van der Waals surface area contributed by atoms with E-state index in [1.165, 1.54) is 56.9 Å². The van der Waals surface area contributed by atoms with Crippen LogP contribution in [0.15, 0.2) is 24.3 Å². The molecule has 1 aromatic rings. The van der Waals surface area contributed by atoms with E-state index in [4.69, 9.17) is 4.74 Å². The van der Waals surface area contributed by atoms with Gasteiger partial charge in [-0.25, -0.2) is 0 Å². The second-order valence-corrected chi connectivity index (χ2v) is 5.68. The molecule has 0 aliphatic rings. The zero-order chi connectivity index (χ0) is 13.9. The predicted octanol–water partition coefficient (Wildman–Crippen LogP) is 5.77. The number of ether oxygens (including phenoxy) is 1. The second-order valence-electron chi connectivity index (χ2n) is 5.68. The largest absolute Gasteiger partial charge is 0.491 e. The topological polar surface area (TPSA) is 9.23 Å². The summed E-state index contributed by atoms with van der Waals surface area (Å²) in [4.78, 5) is 0. The molecule has 0 saturated heterocycles. The number of hydrogen-bond donors (Lipinski definition) is 0. The van der Waals surface area contributed by atoms with Crippen LogP contribution in [0.25, 0.3) is 0 Å². The fourth-order valence-electron chi connectivity index (χ4n) is 2.29. The number of rotatable bonds is 10. The van der Waals surface area contributed by atoms with Gasteiger partial charge in [-0.1, -0.05) is 57.6 Å². The summed E-state index contributed by atoms with van der Waals surface area (Å²) in [7, 11) is 0. The lowest BCUT2D eigenvalue weighted by Gasteiger charge is -2.10. The Balaban J connectivity index is 2.12. The van der Waals surface area contributed by atoms with Crippen LogP contribution in [0.3, 0.4) is 0 Å². The van der Waals surface area contributed by atoms with Gasteiger partial charge in [0.15, 0.2) is 0 Å². The molecule has 0 unspecified atom stereocenters. The van der Waals surface area contributed by atoms with Crippen molar-refractivity contribution >= 4 is 0 Å². The molecule has 0 fully saturated rings. The van der Waals surface area contributed by atoms with Crippen molar-refractivity contribution in [2.24, 2.45) is 0 Å². The molecular weight excluding hydrogens is 232 g/mol. The molecule has 0 radical (unpaired) electrons. The lowest BCUT2D eigenvalue weighted by atomic mass is 10.0. The molecule has 1 aromatic carbocycles. The maximum Gasteiger partial charge on any atom is 0.119 e. The van der Waals surface area contributed by atoms with Crippen LogP contribution in [0.2, 0.25) is 0 Å². The van der Waals surface area contributed by atoms with E-state index in [1.54, 1.807) is 0 Å². The highest BCUT2D eigenvalue weighted by atomic mass is 16.5. The molecule has 0 bridgehead atoms. The van der Waals surface area contributed by atoms with Crippen LogP contribution in [0.4, 0.5) is 0 Å². The Bertz CT molecular complexity index is 313. The maximum atomic E-state index is 5.65. The molecule has 0 saturated carbocycles. The van der Waals surface area contributed by atoms with Crippen LogP contribution < -0.4 is 4.74 Å². The fourth-order valence-corrected chi connectivity index (χ4v) is 2.29. The van der Waals surface area contributed by atoms with Gasteiger partial charge in [-0.05, 0) is 44.4 Å². The summed E-state index contributed by atoms with van der Waals surface area (Å²) >= 11 is 0. The van der Waals surface area contributed by atoms with Gasteiger partial charge in [-0.15, -0.1) is 0 Å². The van der Waals surface area contributed by atoms with Crippen LogP contribution in [0.5, 0.6) is 5.75 Å². The third kappa shape index (κ3) is 7.92. The van der Waals surface area contributed by atoms with Gasteiger partial charge < -0.3 is 4.74 Å². The first-order valence-electron chi connectivity index (χ1n) is 7.98. The van der Waals surface area contributed by atoms with Crippen molar-refractivity contribution in [1.29, 1.82) is 0 Å². The highest BCUT2D eigenvalue weighted by molar-refractivity contribution is 5.27. The normalized spacial score (nSPS) is 10.9. The molecular formula is C18H30O. The van der Waals surface area contributed by atoms with Crippen LogP contribution in [-0.4, -0.2) is 6.10 Å². The average molecular weight is 262 g/mol. The molecule has 1 nitrogen and oxygen atoms in total. The monoisotopic (exact) mass is 262 g/mol. The first kappa shape index (κ1) is 16.1. The molecule has 0 aliphatic heterocycles. The van der Waals surface area contributed by atoms with E-state index in [-0.39, 0.29) is 6.10 Å². The quantitative estimate of drug-likeness (QED) is 0.487. The first-order chi connectivity index (χ1) is 9.22. The number of benzene rings is 1. The highest BCUT2D eigenvalue weighted by Gasteiger charge is 1.98. The van der Waals surface area contributed by atoms with Gasteiger partial charge in [0.1, 0.15) is 5.75 Å². The summed E-state index contributed by atoms with van der Waals surface area (Å²) in [5.74, 6) is 0.985. The Morgan fingerprint density at radius 3 is 2.00 bits per heavy atom. The Labute approximate surface area is 119 Å². The third-order valence-electron chi connectivity index (χ3n) is 3.36. The Morgan fingerprint density at radius 2 is 1.42 bits per heavy atom. The average Bonchev–Trinajstić information content (AvgIpc) is 2.39. The van der Waals surface area contributed by atoms with Gasteiger partial charge in [-0.2, -0.15) is 0 Å². The molecule has 19 heavy (non-hydrogen) atoms. The van der Waals surface area contributed by atoms with E-state index in [1.807, 2.05) is 0 Å². The molecule has 0 heterocycles. The van der Waals surface area contributed by atoms with Crippen molar-refractivity contribution in [1.82, 2.24) is 0 Å². The van der Waals surface area contributed by atoms with E-state index in [9.17, 15) is 0 Å². The molecule has 1 rings (SSSR count). The zero-order valence-electron chi connectivity index (χ0n) is 13.0. The van der Waals surface area contributed by atoms with E-state index < -0.39 is 0 Å². The van der Waals surface area contributed by atoms with Crippen molar-refractivity contribution < 1.29 is 4.74 Å². The minimum Gasteiger partial charge on any atom is -0.491 e. The van der Waals surface area contributed by atoms with E-state index >= 15 is 0 Å². The summed E-state index contributed by atoms with van der Waals surface area (Å²) in [6, 6.07) is 8.59. The molecule has 108 valence electrons. The standard InChI is InChI=1S/C18H30O/c1-4-5-6-7-8-9-10-11-17-12-14-18(15-13-17)19-16(2)3/h12-16H,4-11H2,1-3H3. The molecule has 0 spiro atoms. The van der Waals surface area contributed by atoms with Crippen LogP contribution in [0, 0.1) is 0 Å². The highest BCUT2D eigenvalue weighted by Crippen LogP contribution is 2.16. The van der Waals surface area contributed by atoms with Gasteiger partial charge in [-0.3, -0.25) is 0 Å². The smallest absolute Gasteiger partial charge is 0.119 e. The number of aryl methyl sites for hydroxylation is 1. The third-order valence-corrected chi connectivity index (χ3v) is 3.36. The summed E-state index contributed by atoms with van der Waals surface area (Å²) < 4.78 is 5.65. The summed E-state index contributed by atoms with van der Waals surface area (Å²) in [6.07, 6.45) is 11.1. The van der Waals surface area contributed by atoms with Gasteiger partial charge in [0.25, 0.3) is 0 Å². The zero-order valence-corrected chi connectivity index (χ0v) is 13.0. The molecule has 0 amide bonds. The van der Waals surface area contributed by atoms with Crippen LogP contribution >= 0.6 is 0 Å². The molecule has 0 aliphatic carbocycles. The van der Waals surface area contributed by atoms with Crippen LogP contribution in [-0.2, 0) is 6.42 Å². The maximum absolute atomic E-state index is 5.65. The summed E-state index contributed by atoms with van der Waals surface area (Å²) in [6.45, 7) is 6.39. The first-order valence-corrected chi connectivity index (χ1v) is 7.98. The minimum absolute atomic E-state index is 0.258. The van der Waals surface area contributed by atoms with E-state index in [2.05, 4.69) is 45.0 Å². The Morgan fingerprint density at radius 1 is 0.842 bits per heavy atom. The van der Waals surface area contributed by atoms with Gasteiger partial charge in [0, 0.05) is 0 Å². The van der Waals surface area contributed by atoms with Crippen molar-refractivity contribution in [3.05, 3.63) is 29.8 Å². The van der Waals surface area contributed by atoms with E-state index in [0.29, 0.717) is 0 Å². The van der Waals surface area contributed by atoms with Gasteiger partial charge in [0.2, 0.25) is 0 Å². The SMILES string of the molecule is CCCCCCCCCc1ccc(OC(C)C)cc1. The van der Waals surface area contributed by atoms with Crippen molar-refractivity contribution in [3.8, 4) is 5.75 Å². The Hall–Kier alpha value is -0.980. The lowest BCUT2D eigenvalue weighted by Crippen LogP contribution is -2.05. The van der Waals surface area contributed by atoms with Crippen molar-refractivity contribution in [2.75, 3.05) is 0 Å². The molecule has 0 atom stereocenters. The summed E-state index contributed by atoms with van der Waals surface area (Å²) in [5, 5.41) is 0. The van der Waals surface area contributed by atoms with Gasteiger partial charge >= 0.3 is 0 Å². The second kappa shape index (κ2) is 9.89. The fraction of sp³-hybridized carbons (Fsp3) is 0.667. The predicted molar refractivity (Wildman–Crippen MR) is 83.9 cm³/mol. The number of hydrogen-bond acceptors (Lipinski definition) is 1.